The summed E-state index contributed by atoms with van der Waals surface area (Å²) in [6.07, 6.45) is 1.36. The number of alkyl halides is 1. The molecular formula is C15H33F. The molecule has 0 saturated carbocycles. The number of rotatable bonds is 4. The van der Waals surface area contributed by atoms with Crippen molar-refractivity contribution in [1.29, 1.82) is 0 Å². The van der Waals surface area contributed by atoms with Gasteiger partial charge in [-0.3, -0.25) is 0 Å². The molecule has 0 rings (SSSR count). The molecule has 0 aromatic rings. The lowest BCUT2D eigenvalue weighted by Gasteiger charge is -2.28. The van der Waals surface area contributed by atoms with E-state index in [1.54, 1.807) is 6.92 Å². The number of hydrogen-bond donors (Lipinski definition) is 0. The van der Waals surface area contributed by atoms with Crippen molar-refractivity contribution in [2.24, 2.45) is 23.7 Å². The zero-order valence-corrected chi connectivity index (χ0v) is 12.9. The smallest absolute Gasteiger partial charge is 0.112 e. The standard InChI is InChI=1S/C8H17F.C7H16/c1-6(2)8(5,9)7(3)4;1-6(2)5-7(3)4/h6-7H,1-5H3;6-7H,5H2,1-4H3. The summed E-state index contributed by atoms with van der Waals surface area (Å²) in [5, 5.41) is 0. The molecule has 16 heavy (non-hydrogen) atoms. The lowest BCUT2D eigenvalue weighted by Crippen LogP contribution is -2.31. The van der Waals surface area contributed by atoms with Crippen molar-refractivity contribution in [3.8, 4) is 0 Å². The Labute approximate surface area is 103 Å². The Hall–Kier alpha value is -0.0700. The van der Waals surface area contributed by atoms with Crippen LogP contribution in [0.25, 0.3) is 0 Å². The maximum Gasteiger partial charge on any atom is 0.112 e. The highest BCUT2D eigenvalue weighted by atomic mass is 19.1. The predicted octanol–water partition coefficient (Wildman–Crippen LogP) is 5.72. The number of hydrogen-bond acceptors (Lipinski definition) is 0. The molecule has 0 unspecified atom stereocenters. The van der Waals surface area contributed by atoms with Crippen molar-refractivity contribution in [3.63, 3.8) is 0 Å². The molecule has 0 fully saturated rings. The molecule has 0 aromatic carbocycles. The van der Waals surface area contributed by atoms with Crippen LogP contribution in [0.15, 0.2) is 0 Å². The Morgan fingerprint density at radius 1 is 0.750 bits per heavy atom. The van der Waals surface area contributed by atoms with Crippen LogP contribution in [0.4, 0.5) is 4.39 Å². The molecule has 0 atom stereocenters. The molecular weight excluding hydrogens is 199 g/mol. The quantitative estimate of drug-likeness (QED) is 0.582. The molecule has 0 bridgehead atoms. The first kappa shape index (κ1) is 18.3. The summed E-state index contributed by atoms with van der Waals surface area (Å²) in [5.41, 5.74) is -1.00. The van der Waals surface area contributed by atoms with Gasteiger partial charge in [0.05, 0.1) is 0 Å². The number of halogens is 1. The van der Waals surface area contributed by atoms with Crippen LogP contribution < -0.4 is 0 Å². The summed E-state index contributed by atoms with van der Waals surface area (Å²) >= 11 is 0. The highest BCUT2D eigenvalue weighted by molar-refractivity contribution is 4.79. The Kier molecular flexibility index (Phi) is 9.25. The average molecular weight is 232 g/mol. The first-order valence-corrected chi connectivity index (χ1v) is 6.70. The fourth-order valence-electron chi connectivity index (χ4n) is 1.61. The van der Waals surface area contributed by atoms with Gasteiger partial charge in [0.15, 0.2) is 0 Å². The van der Waals surface area contributed by atoms with Crippen molar-refractivity contribution in [2.45, 2.75) is 74.4 Å². The van der Waals surface area contributed by atoms with E-state index in [-0.39, 0.29) is 11.8 Å². The van der Waals surface area contributed by atoms with Crippen molar-refractivity contribution in [1.82, 2.24) is 0 Å². The molecule has 0 nitrogen and oxygen atoms in total. The van der Waals surface area contributed by atoms with Gasteiger partial charge in [-0.05, 0) is 37.0 Å². The molecule has 100 valence electrons. The summed E-state index contributed by atoms with van der Waals surface area (Å²) in [7, 11) is 0. The molecule has 0 spiro atoms. The summed E-state index contributed by atoms with van der Waals surface area (Å²) in [5.74, 6) is 2.00. The predicted molar refractivity (Wildman–Crippen MR) is 73.5 cm³/mol. The summed E-state index contributed by atoms with van der Waals surface area (Å²) in [6, 6.07) is 0. The topological polar surface area (TPSA) is 0 Å². The molecule has 0 N–H and O–H groups in total. The largest absolute Gasteiger partial charge is 0.244 e. The summed E-state index contributed by atoms with van der Waals surface area (Å²) < 4.78 is 13.3. The maximum absolute atomic E-state index is 13.3. The zero-order chi connectivity index (χ0) is 13.5. The molecule has 1 heteroatoms. The van der Waals surface area contributed by atoms with Crippen molar-refractivity contribution < 1.29 is 4.39 Å². The van der Waals surface area contributed by atoms with Gasteiger partial charge in [-0.1, -0.05) is 55.4 Å². The fourth-order valence-corrected chi connectivity index (χ4v) is 1.61. The highest BCUT2D eigenvalue weighted by Crippen LogP contribution is 2.29. The molecule has 0 aliphatic rings. The normalized spacial score (nSPS) is 12.4. The second-order valence-corrected chi connectivity index (χ2v) is 6.48. The molecule has 0 aliphatic heterocycles. The monoisotopic (exact) mass is 232 g/mol. The van der Waals surface area contributed by atoms with Crippen LogP contribution in [0.5, 0.6) is 0 Å². The van der Waals surface area contributed by atoms with Gasteiger partial charge in [-0.25, -0.2) is 4.39 Å². The minimum absolute atomic E-state index is 0.123. The third-order valence-corrected chi connectivity index (χ3v) is 3.20. The third kappa shape index (κ3) is 9.18. The van der Waals surface area contributed by atoms with Gasteiger partial charge >= 0.3 is 0 Å². The average Bonchev–Trinajstić information content (AvgIpc) is 2.01. The molecule has 0 amide bonds. The van der Waals surface area contributed by atoms with E-state index >= 15 is 0 Å². The van der Waals surface area contributed by atoms with E-state index in [9.17, 15) is 4.39 Å². The van der Waals surface area contributed by atoms with Crippen LogP contribution in [0.3, 0.4) is 0 Å². The van der Waals surface area contributed by atoms with Crippen molar-refractivity contribution in [3.05, 3.63) is 0 Å². The van der Waals surface area contributed by atoms with Gasteiger partial charge in [-0.15, -0.1) is 0 Å². The Morgan fingerprint density at radius 2 is 1.00 bits per heavy atom. The van der Waals surface area contributed by atoms with E-state index in [0.29, 0.717) is 0 Å². The fraction of sp³-hybridized carbons (Fsp3) is 1.00. The van der Waals surface area contributed by atoms with Crippen molar-refractivity contribution in [2.75, 3.05) is 0 Å². The summed E-state index contributed by atoms with van der Waals surface area (Å²) in [4.78, 5) is 0. The van der Waals surface area contributed by atoms with E-state index < -0.39 is 5.67 Å². The van der Waals surface area contributed by atoms with E-state index in [0.717, 1.165) is 11.8 Å². The second kappa shape index (κ2) is 8.08. The van der Waals surface area contributed by atoms with Gasteiger partial charge in [0.2, 0.25) is 0 Å². The highest BCUT2D eigenvalue weighted by Gasteiger charge is 2.30. The van der Waals surface area contributed by atoms with Crippen LogP contribution in [-0.4, -0.2) is 5.67 Å². The SMILES string of the molecule is CC(C)C(C)(F)C(C)C.CC(C)CC(C)C. The van der Waals surface area contributed by atoms with Gasteiger partial charge in [0, 0.05) is 0 Å². The molecule has 0 aliphatic carbocycles. The molecule has 0 saturated heterocycles. The Morgan fingerprint density at radius 3 is 1.00 bits per heavy atom. The van der Waals surface area contributed by atoms with Crippen LogP contribution in [0.1, 0.15) is 68.7 Å². The van der Waals surface area contributed by atoms with Gasteiger partial charge in [-0.2, -0.15) is 0 Å². The second-order valence-electron chi connectivity index (χ2n) is 6.48. The first-order valence-electron chi connectivity index (χ1n) is 6.70. The van der Waals surface area contributed by atoms with E-state index in [4.69, 9.17) is 0 Å². The minimum atomic E-state index is -1.00. The third-order valence-electron chi connectivity index (χ3n) is 3.20. The molecule has 0 radical (unpaired) electrons. The lowest BCUT2D eigenvalue weighted by molar-refractivity contribution is 0.0677. The van der Waals surface area contributed by atoms with Gasteiger partial charge in [0.1, 0.15) is 5.67 Å². The van der Waals surface area contributed by atoms with Crippen molar-refractivity contribution >= 4 is 0 Å². The lowest BCUT2D eigenvalue weighted by atomic mass is 9.84. The van der Waals surface area contributed by atoms with Crippen LogP contribution in [0.2, 0.25) is 0 Å². The van der Waals surface area contributed by atoms with E-state index in [2.05, 4.69) is 27.7 Å². The Balaban J connectivity index is 0. The zero-order valence-electron chi connectivity index (χ0n) is 12.9. The van der Waals surface area contributed by atoms with E-state index in [1.165, 1.54) is 6.42 Å². The van der Waals surface area contributed by atoms with Gasteiger partial charge in [0.25, 0.3) is 0 Å². The van der Waals surface area contributed by atoms with Crippen LogP contribution in [-0.2, 0) is 0 Å². The summed E-state index contributed by atoms with van der Waals surface area (Å²) in [6.45, 7) is 18.4. The minimum Gasteiger partial charge on any atom is -0.244 e. The van der Waals surface area contributed by atoms with Gasteiger partial charge < -0.3 is 0 Å². The van der Waals surface area contributed by atoms with E-state index in [1.807, 2.05) is 27.7 Å². The Bertz CT molecular complexity index is 139. The molecule has 0 heterocycles. The molecule has 0 aromatic heterocycles. The first-order chi connectivity index (χ1) is 7.01. The van der Waals surface area contributed by atoms with Crippen LogP contribution in [0, 0.1) is 23.7 Å². The maximum atomic E-state index is 13.3. The van der Waals surface area contributed by atoms with Crippen LogP contribution >= 0.6 is 0 Å².